The number of aryl methyl sites for hydroxylation is 1. The van der Waals surface area contributed by atoms with E-state index >= 15 is 0 Å². The fourth-order valence-corrected chi connectivity index (χ4v) is 5.07. The number of methoxy groups -OCH3 is 1. The molecule has 0 spiro atoms. The van der Waals surface area contributed by atoms with Gasteiger partial charge in [-0.05, 0) is 53.9 Å². The molecule has 3 heterocycles. The first-order chi connectivity index (χ1) is 19.2. The molecule has 1 atom stereocenters. The molecule has 5 aromatic rings. The summed E-state index contributed by atoms with van der Waals surface area (Å²) in [4.78, 5) is 19.7. The molecule has 3 aromatic carbocycles. The van der Waals surface area contributed by atoms with Crippen LogP contribution >= 0.6 is 0 Å². The molecular formula is C31H29N5O3. The molecule has 0 saturated carbocycles. The predicted molar refractivity (Wildman–Crippen MR) is 148 cm³/mol. The third-order valence-electron chi connectivity index (χ3n) is 7.05. The summed E-state index contributed by atoms with van der Waals surface area (Å²) in [5.41, 5.74) is 5.25. The first-order valence-electron chi connectivity index (χ1n) is 13.0. The molecule has 0 bridgehead atoms. The highest BCUT2D eigenvalue weighted by Crippen LogP contribution is 2.43. The van der Waals surface area contributed by atoms with Crippen molar-refractivity contribution in [1.82, 2.24) is 24.6 Å². The van der Waals surface area contributed by atoms with Gasteiger partial charge < -0.3 is 18.9 Å². The predicted octanol–water partition coefficient (Wildman–Crippen LogP) is 5.50. The Kier molecular flexibility index (Phi) is 6.82. The minimum absolute atomic E-state index is 0.0442. The number of hydrogen-bond acceptors (Lipinski definition) is 5. The van der Waals surface area contributed by atoms with E-state index in [0.29, 0.717) is 18.8 Å². The topological polar surface area (TPSA) is 85.3 Å². The number of carbonyl (C=O) groups excluding carboxylic acids is 1. The Morgan fingerprint density at radius 2 is 1.69 bits per heavy atom. The van der Waals surface area contributed by atoms with Gasteiger partial charge in [-0.1, -0.05) is 42.5 Å². The van der Waals surface area contributed by atoms with E-state index in [4.69, 9.17) is 9.47 Å². The maximum atomic E-state index is 13.6. The molecule has 1 unspecified atom stereocenters. The fourth-order valence-electron chi connectivity index (χ4n) is 5.07. The van der Waals surface area contributed by atoms with Crippen molar-refractivity contribution in [2.75, 3.05) is 13.7 Å². The zero-order valence-electron chi connectivity index (χ0n) is 21.7. The van der Waals surface area contributed by atoms with Crippen molar-refractivity contribution < 1.29 is 14.3 Å². The van der Waals surface area contributed by atoms with Crippen molar-refractivity contribution in [1.29, 1.82) is 0 Å². The van der Waals surface area contributed by atoms with E-state index in [-0.39, 0.29) is 11.9 Å². The van der Waals surface area contributed by atoms with Crippen LogP contribution < -0.4 is 9.47 Å². The molecule has 6 rings (SSSR count). The van der Waals surface area contributed by atoms with Crippen molar-refractivity contribution in [2.24, 2.45) is 0 Å². The van der Waals surface area contributed by atoms with Gasteiger partial charge in [-0.15, -0.1) is 0 Å². The molecule has 1 amide bonds. The molecule has 0 radical (unpaired) electrons. The largest absolute Gasteiger partial charge is 0.497 e. The van der Waals surface area contributed by atoms with Gasteiger partial charge in [0.25, 0.3) is 5.91 Å². The van der Waals surface area contributed by atoms with Crippen molar-refractivity contribution >= 4 is 5.91 Å². The zero-order chi connectivity index (χ0) is 26.6. The van der Waals surface area contributed by atoms with Gasteiger partial charge in [-0.2, -0.15) is 5.10 Å². The van der Waals surface area contributed by atoms with E-state index < -0.39 is 0 Å². The number of fused-ring (bicyclic) bond motifs is 1. The number of hydrogen-bond donors (Lipinski definition) is 1. The van der Waals surface area contributed by atoms with Crippen molar-refractivity contribution in [3.63, 3.8) is 0 Å². The van der Waals surface area contributed by atoms with Crippen LogP contribution in [0.2, 0.25) is 0 Å². The number of nitrogens with one attached hydrogen (secondary N) is 1. The zero-order valence-corrected chi connectivity index (χ0v) is 21.7. The van der Waals surface area contributed by atoms with E-state index in [1.54, 1.807) is 19.6 Å². The van der Waals surface area contributed by atoms with E-state index in [1.807, 2.05) is 94.5 Å². The van der Waals surface area contributed by atoms with Crippen molar-refractivity contribution in [3.8, 4) is 22.8 Å². The molecule has 0 saturated heterocycles. The van der Waals surface area contributed by atoms with Gasteiger partial charge in [0.15, 0.2) is 0 Å². The molecule has 1 aliphatic heterocycles. The van der Waals surface area contributed by atoms with Crippen LogP contribution in [0.5, 0.6) is 11.5 Å². The molecule has 39 heavy (non-hydrogen) atoms. The number of nitrogens with zero attached hydrogens (tertiary/aromatic N) is 4. The summed E-state index contributed by atoms with van der Waals surface area (Å²) in [6.07, 6.45) is 6.30. The summed E-state index contributed by atoms with van der Waals surface area (Å²) in [7, 11) is 1.64. The van der Waals surface area contributed by atoms with Gasteiger partial charge in [0, 0.05) is 36.6 Å². The Hall–Kier alpha value is -4.85. The lowest BCUT2D eigenvalue weighted by Gasteiger charge is -2.26. The fraction of sp³-hybridized carbons (Fsp3) is 0.194. The summed E-state index contributed by atoms with van der Waals surface area (Å²) >= 11 is 0. The minimum atomic E-state index is -0.269. The number of amides is 1. The van der Waals surface area contributed by atoms with Crippen LogP contribution in [0, 0.1) is 0 Å². The normalized spacial score (nSPS) is 14.4. The van der Waals surface area contributed by atoms with Crippen LogP contribution in [-0.2, 0) is 13.2 Å². The highest BCUT2D eigenvalue weighted by Gasteiger charge is 2.41. The third kappa shape index (κ3) is 5.01. The monoisotopic (exact) mass is 519 g/mol. The molecule has 8 nitrogen and oxygen atoms in total. The number of aromatic nitrogens is 4. The number of H-pyrrole nitrogens is 1. The Bertz CT molecular complexity index is 1530. The standard InChI is InChI=1S/C31H29N5O3/c1-38-25-12-8-23(9-13-25)28-27-29(34-33-28)31(37)36(18-5-17-35-19-16-32-21-35)30(27)24-10-14-26(15-11-24)39-20-22-6-3-2-4-7-22/h2-4,6-16,19,21,30H,5,17-18,20H2,1H3,(H,33,34). The summed E-state index contributed by atoms with van der Waals surface area (Å²) in [5, 5.41) is 7.61. The SMILES string of the molecule is COc1ccc(-c2n[nH]c3c2C(c2ccc(OCc4ccccc4)cc2)N(CCCn2ccnc2)C3=O)cc1. The Morgan fingerprint density at radius 1 is 0.923 bits per heavy atom. The number of carbonyl (C=O) groups is 1. The highest BCUT2D eigenvalue weighted by molar-refractivity contribution is 6.00. The van der Waals surface area contributed by atoms with Gasteiger partial charge in [0.05, 0.1) is 25.2 Å². The number of aromatic amines is 1. The Balaban J connectivity index is 1.30. The minimum Gasteiger partial charge on any atom is -0.497 e. The quantitative estimate of drug-likeness (QED) is 0.264. The smallest absolute Gasteiger partial charge is 0.273 e. The first kappa shape index (κ1) is 24.5. The van der Waals surface area contributed by atoms with E-state index in [2.05, 4.69) is 15.2 Å². The molecule has 0 aliphatic carbocycles. The van der Waals surface area contributed by atoms with Crippen molar-refractivity contribution in [3.05, 3.63) is 120 Å². The Morgan fingerprint density at radius 3 is 2.41 bits per heavy atom. The van der Waals surface area contributed by atoms with Crippen LogP contribution in [0.4, 0.5) is 0 Å². The highest BCUT2D eigenvalue weighted by atomic mass is 16.5. The third-order valence-corrected chi connectivity index (χ3v) is 7.05. The van der Waals surface area contributed by atoms with Gasteiger partial charge in [0.2, 0.25) is 0 Å². The molecule has 8 heteroatoms. The summed E-state index contributed by atoms with van der Waals surface area (Å²) < 4.78 is 13.4. The molecule has 1 aliphatic rings. The van der Waals surface area contributed by atoms with Crippen LogP contribution in [-0.4, -0.2) is 44.2 Å². The molecular weight excluding hydrogens is 490 g/mol. The van der Waals surface area contributed by atoms with Crippen molar-refractivity contribution in [2.45, 2.75) is 25.6 Å². The van der Waals surface area contributed by atoms with Gasteiger partial charge in [0.1, 0.15) is 23.8 Å². The molecule has 2 aromatic heterocycles. The van der Waals surface area contributed by atoms with Crippen LogP contribution in [0.15, 0.2) is 97.6 Å². The molecule has 0 fully saturated rings. The number of imidazole rings is 1. The molecule has 196 valence electrons. The van der Waals surface area contributed by atoms with Crippen LogP contribution in [0.25, 0.3) is 11.3 Å². The van der Waals surface area contributed by atoms with E-state index in [0.717, 1.165) is 52.4 Å². The number of benzene rings is 3. The van der Waals surface area contributed by atoms with Gasteiger partial charge in [-0.3, -0.25) is 9.89 Å². The van der Waals surface area contributed by atoms with Gasteiger partial charge in [-0.25, -0.2) is 4.98 Å². The molecule has 1 N–H and O–H groups in total. The maximum absolute atomic E-state index is 13.6. The summed E-state index contributed by atoms with van der Waals surface area (Å²) in [5.74, 6) is 1.50. The Labute approximate surface area is 226 Å². The summed E-state index contributed by atoms with van der Waals surface area (Å²) in [6, 6.07) is 25.6. The maximum Gasteiger partial charge on any atom is 0.273 e. The summed E-state index contributed by atoms with van der Waals surface area (Å²) in [6.45, 7) is 1.87. The number of rotatable bonds is 10. The van der Waals surface area contributed by atoms with Crippen LogP contribution in [0.1, 0.15) is 39.6 Å². The van der Waals surface area contributed by atoms with Gasteiger partial charge >= 0.3 is 0 Å². The average Bonchev–Trinajstić information content (AvgIpc) is 3.72. The lowest BCUT2D eigenvalue weighted by atomic mass is 9.96. The second-order valence-corrected chi connectivity index (χ2v) is 9.49. The first-order valence-corrected chi connectivity index (χ1v) is 13.0. The van der Waals surface area contributed by atoms with E-state index in [1.165, 1.54) is 0 Å². The average molecular weight is 520 g/mol. The lowest BCUT2D eigenvalue weighted by molar-refractivity contribution is 0.0739. The van der Waals surface area contributed by atoms with Crippen LogP contribution in [0.3, 0.4) is 0 Å². The lowest BCUT2D eigenvalue weighted by Crippen LogP contribution is -2.31. The van der Waals surface area contributed by atoms with E-state index in [9.17, 15) is 4.79 Å². The second-order valence-electron chi connectivity index (χ2n) is 9.49. The number of ether oxygens (including phenoxy) is 2. The second kappa shape index (κ2) is 10.9.